The number of hydrogen-bond donors (Lipinski definition) is 2. The summed E-state index contributed by atoms with van der Waals surface area (Å²) in [6, 6.07) is 0.233. The van der Waals surface area contributed by atoms with E-state index in [-0.39, 0.29) is 31.0 Å². The van der Waals surface area contributed by atoms with Crippen molar-refractivity contribution in [2.75, 3.05) is 26.2 Å². The molecule has 3 rings (SSSR count). The van der Waals surface area contributed by atoms with Gasteiger partial charge in [0, 0.05) is 57.6 Å². The van der Waals surface area contributed by atoms with Crippen LogP contribution >= 0.6 is 0 Å². The van der Waals surface area contributed by atoms with Crippen molar-refractivity contribution in [3.63, 3.8) is 0 Å². The second kappa shape index (κ2) is 7.31. The third-order valence-corrected chi connectivity index (χ3v) is 5.07. The summed E-state index contributed by atoms with van der Waals surface area (Å²) < 4.78 is 1.27. The number of nitrogens with zero attached hydrogens (tertiary/aromatic N) is 3. The number of carbonyl (C=O) groups excluding carboxylic acids is 1. The number of amides is 1. The van der Waals surface area contributed by atoms with Crippen molar-refractivity contribution in [3.8, 4) is 0 Å². The number of nitrogens with one attached hydrogen (secondary N) is 1. The van der Waals surface area contributed by atoms with Crippen LogP contribution in [0.5, 0.6) is 0 Å². The molecule has 1 saturated carbocycles. The maximum absolute atomic E-state index is 12.3. The summed E-state index contributed by atoms with van der Waals surface area (Å²) in [6.45, 7) is 3.05. The van der Waals surface area contributed by atoms with Crippen molar-refractivity contribution in [3.05, 3.63) is 33.1 Å². The minimum Gasteiger partial charge on any atom is -0.391 e. The standard InChI is InChI=1S/C16H24N4O4/c21-13-3-1-2-12(13)18-8-10-19(11-9-18)14(22)4-6-20-7-5-17-15(23)16(20)24/h5,7,12-13,21H,1-4,6,8-11H2,(H,17,23)/t12-,13-/m0/s1. The van der Waals surface area contributed by atoms with Crippen molar-refractivity contribution >= 4 is 5.91 Å². The Kier molecular flexibility index (Phi) is 5.15. The minimum absolute atomic E-state index is 0.00574. The van der Waals surface area contributed by atoms with E-state index >= 15 is 0 Å². The second-order valence-corrected chi connectivity index (χ2v) is 6.52. The van der Waals surface area contributed by atoms with Crippen LogP contribution in [0.4, 0.5) is 0 Å². The van der Waals surface area contributed by atoms with Gasteiger partial charge < -0.3 is 19.6 Å². The van der Waals surface area contributed by atoms with Crippen molar-refractivity contribution in [2.24, 2.45) is 0 Å². The first-order chi connectivity index (χ1) is 11.6. The first-order valence-electron chi connectivity index (χ1n) is 8.54. The number of hydrogen-bond acceptors (Lipinski definition) is 5. The van der Waals surface area contributed by atoms with Crippen molar-refractivity contribution in [2.45, 2.75) is 44.4 Å². The van der Waals surface area contributed by atoms with Gasteiger partial charge in [-0.15, -0.1) is 0 Å². The Bertz CT molecular complexity index is 690. The number of aromatic amines is 1. The molecular formula is C16H24N4O4. The van der Waals surface area contributed by atoms with E-state index in [0.717, 1.165) is 32.4 Å². The predicted octanol–water partition coefficient (Wildman–Crippen LogP) is -1.02. The summed E-state index contributed by atoms with van der Waals surface area (Å²) >= 11 is 0. The van der Waals surface area contributed by atoms with Crippen molar-refractivity contribution in [1.82, 2.24) is 19.4 Å². The highest BCUT2D eigenvalue weighted by atomic mass is 16.3. The van der Waals surface area contributed by atoms with Crippen LogP contribution in [0.15, 0.2) is 22.0 Å². The lowest BCUT2D eigenvalue weighted by atomic mass is 10.1. The Balaban J connectivity index is 1.49. The Labute approximate surface area is 139 Å². The fraction of sp³-hybridized carbons (Fsp3) is 0.688. The van der Waals surface area contributed by atoms with Gasteiger partial charge in [-0.05, 0) is 19.3 Å². The van der Waals surface area contributed by atoms with Gasteiger partial charge >= 0.3 is 11.1 Å². The lowest BCUT2D eigenvalue weighted by Gasteiger charge is -2.39. The van der Waals surface area contributed by atoms with Crippen LogP contribution in [0.1, 0.15) is 25.7 Å². The third kappa shape index (κ3) is 3.59. The molecule has 2 atom stereocenters. The van der Waals surface area contributed by atoms with E-state index < -0.39 is 11.1 Å². The third-order valence-electron chi connectivity index (χ3n) is 5.07. The van der Waals surface area contributed by atoms with Crippen LogP contribution in [0, 0.1) is 0 Å². The number of aryl methyl sites for hydroxylation is 1. The predicted molar refractivity (Wildman–Crippen MR) is 87.7 cm³/mol. The Morgan fingerprint density at radius 1 is 1.21 bits per heavy atom. The fourth-order valence-corrected chi connectivity index (χ4v) is 3.66. The van der Waals surface area contributed by atoms with E-state index in [9.17, 15) is 19.5 Å². The van der Waals surface area contributed by atoms with Gasteiger partial charge in [0.15, 0.2) is 0 Å². The van der Waals surface area contributed by atoms with Gasteiger partial charge in [0.05, 0.1) is 6.10 Å². The quantitative estimate of drug-likeness (QED) is 0.686. The molecule has 24 heavy (non-hydrogen) atoms. The molecule has 1 aliphatic carbocycles. The molecule has 8 nitrogen and oxygen atoms in total. The molecule has 2 N–H and O–H groups in total. The lowest BCUT2D eigenvalue weighted by Crippen LogP contribution is -2.53. The molecule has 0 radical (unpaired) electrons. The van der Waals surface area contributed by atoms with Gasteiger partial charge in [0.25, 0.3) is 0 Å². The molecule has 2 fully saturated rings. The van der Waals surface area contributed by atoms with Crippen LogP contribution in [-0.4, -0.2) is 68.7 Å². The van der Waals surface area contributed by atoms with E-state index in [4.69, 9.17) is 0 Å². The molecule has 1 aromatic rings. The first-order valence-corrected chi connectivity index (χ1v) is 8.54. The fourth-order valence-electron chi connectivity index (χ4n) is 3.66. The van der Waals surface area contributed by atoms with Gasteiger partial charge in [0.2, 0.25) is 5.91 Å². The molecular weight excluding hydrogens is 312 g/mol. The van der Waals surface area contributed by atoms with Gasteiger partial charge in [-0.3, -0.25) is 19.3 Å². The van der Waals surface area contributed by atoms with Crippen LogP contribution < -0.4 is 11.1 Å². The summed E-state index contributed by atoms with van der Waals surface area (Å²) in [4.78, 5) is 41.6. The van der Waals surface area contributed by atoms with Crippen LogP contribution in [0.3, 0.4) is 0 Å². The number of aliphatic hydroxyl groups is 1. The highest BCUT2D eigenvalue weighted by Gasteiger charge is 2.33. The van der Waals surface area contributed by atoms with Crippen LogP contribution in [0.2, 0.25) is 0 Å². The van der Waals surface area contributed by atoms with Gasteiger partial charge in [0.1, 0.15) is 0 Å². The monoisotopic (exact) mass is 336 g/mol. The number of rotatable bonds is 4. The molecule has 2 heterocycles. The summed E-state index contributed by atoms with van der Waals surface area (Å²) in [5.74, 6) is -0.00574. The SMILES string of the molecule is O=C(CCn1cc[nH]c(=O)c1=O)N1CCN([C@H]2CCC[C@@H]2O)CC1. The normalized spacial score (nSPS) is 25.1. The molecule has 1 amide bonds. The van der Waals surface area contributed by atoms with E-state index in [0.29, 0.717) is 13.1 Å². The lowest BCUT2D eigenvalue weighted by molar-refractivity contribution is -0.133. The maximum atomic E-state index is 12.3. The number of aromatic nitrogens is 2. The summed E-state index contributed by atoms with van der Waals surface area (Å²) in [5.41, 5.74) is -1.31. The molecule has 2 aliphatic rings. The average Bonchev–Trinajstić information content (AvgIpc) is 3.02. The average molecular weight is 336 g/mol. The second-order valence-electron chi connectivity index (χ2n) is 6.52. The molecule has 132 valence electrons. The Hall–Kier alpha value is -1.93. The molecule has 0 unspecified atom stereocenters. The van der Waals surface area contributed by atoms with E-state index in [1.807, 2.05) is 0 Å². The van der Waals surface area contributed by atoms with Crippen molar-refractivity contribution < 1.29 is 9.90 Å². The zero-order valence-electron chi connectivity index (χ0n) is 13.7. The molecule has 1 saturated heterocycles. The molecule has 1 aromatic heterocycles. The van der Waals surface area contributed by atoms with Crippen molar-refractivity contribution in [1.29, 1.82) is 0 Å². The van der Waals surface area contributed by atoms with Gasteiger partial charge in [-0.1, -0.05) is 0 Å². The highest BCUT2D eigenvalue weighted by molar-refractivity contribution is 5.76. The summed E-state index contributed by atoms with van der Waals surface area (Å²) in [5, 5.41) is 9.99. The smallest absolute Gasteiger partial charge is 0.316 e. The Morgan fingerprint density at radius 2 is 1.96 bits per heavy atom. The number of piperazine rings is 1. The topological polar surface area (TPSA) is 98.6 Å². The molecule has 0 aromatic carbocycles. The van der Waals surface area contributed by atoms with Gasteiger partial charge in [-0.2, -0.15) is 0 Å². The summed E-state index contributed by atoms with van der Waals surface area (Å²) in [7, 11) is 0. The molecule has 0 bridgehead atoms. The van der Waals surface area contributed by atoms with Crippen LogP contribution in [-0.2, 0) is 11.3 Å². The molecule has 1 aliphatic heterocycles. The molecule has 8 heteroatoms. The first kappa shape index (κ1) is 16.9. The van der Waals surface area contributed by atoms with Crippen LogP contribution in [0.25, 0.3) is 0 Å². The molecule has 0 spiro atoms. The number of carbonyl (C=O) groups is 1. The van der Waals surface area contributed by atoms with Gasteiger partial charge in [-0.25, -0.2) is 0 Å². The zero-order valence-corrected chi connectivity index (χ0v) is 13.7. The summed E-state index contributed by atoms with van der Waals surface area (Å²) in [6.07, 6.45) is 5.81. The number of H-pyrrole nitrogens is 1. The van der Waals surface area contributed by atoms with E-state index in [2.05, 4.69) is 9.88 Å². The zero-order chi connectivity index (χ0) is 17.1. The minimum atomic E-state index is -0.673. The van der Waals surface area contributed by atoms with E-state index in [1.165, 1.54) is 17.0 Å². The van der Waals surface area contributed by atoms with E-state index in [1.54, 1.807) is 4.90 Å². The number of aliphatic hydroxyl groups excluding tert-OH is 1. The highest BCUT2D eigenvalue weighted by Crippen LogP contribution is 2.25. The maximum Gasteiger partial charge on any atom is 0.316 e. The Morgan fingerprint density at radius 3 is 2.62 bits per heavy atom. The largest absolute Gasteiger partial charge is 0.391 e.